The van der Waals surface area contributed by atoms with Crippen molar-refractivity contribution >= 4 is 39.1 Å². The molecule has 170 valence electrons. The number of carbonyl (C=O) groups is 2. The van der Waals surface area contributed by atoms with Gasteiger partial charge in [-0.05, 0) is 69.2 Å². The molecule has 0 saturated carbocycles. The van der Waals surface area contributed by atoms with E-state index in [1.807, 2.05) is 62.0 Å². The van der Waals surface area contributed by atoms with Gasteiger partial charge in [-0.2, -0.15) is 0 Å². The third-order valence-electron chi connectivity index (χ3n) is 5.28. The maximum Gasteiger partial charge on any atom is 0.351 e. The number of esters is 1. The van der Waals surface area contributed by atoms with E-state index in [0.717, 1.165) is 27.0 Å². The molecule has 0 fully saturated rings. The molecule has 3 heterocycles. The molecule has 33 heavy (non-hydrogen) atoms. The first kappa shape index (κ1) is 22.5. The Morgan fingerprint density at radius 2 is 1.85 bits per heavy atom. The Kier molecular flexibility index (Phi) is 6.20. The zero-order valence-corrected chi connectivity index (χ0v) is 19.9. The Morgan fingerprint density at radius 1 is 1.12 bits per heavy atom. The Hall–Kier alpha value is -3.65. The number of nitrogens with zero attached hydrogens (tertiary/aromatic N) is 2. The van der Waals surface area contributed by atoms with Crippen LogP contribution in [0, 0.1) is 20.8 Å². The van der Waals surface area contributed by atoms with E-state index in [1.165, 1.54) is 18.4 Å². The topological polar surface area (TPSA) is 82.4 Å². The summed E-state index contributed by atoms with van der Waals surface area (Å²) in [4.78, 5) is 31.8. The summed E-state index contributed by atoms with van der Waals surface area (Å²) < 4.78 is 12.8. The molecular weight excluding hydrogens is 438 g/mol. The monoisotopic (exact) mass is 463 g/mol. The fourth-order valence-corrected chi connectivity index (χ4v) is 4.89. The molecule has 4 rings (SSSR count). The van der Waals surface area contributed by atoms with Gasteiger partial charge in [0.1, 0.15) is 15.5 Å². The number of thiophene rings is 1. The summed E-state index contributed by atoms with van der Waals surface area (Å²) in [5.41, 5.74) is 4.10. The lowest BCUT2D eigenvalue weighted by Crippen LogP contribution is -2.30. The van der Waals surface area contributed by atoms with Crippen molar-refractivity contribution in [2.45, 2.75) is 33.8 Å². The number of ether oxygens (including phenoxy) is 2. The number of methoxy groups -OCH3 is 1. The second-order valence-electron chi connectivity index (χ2n) is 7.87. The predicted molar refractivity (Wildman–Crippen MR) is 130 cm³/mol. The van der Waals surface area contributed by atoms with Crippen LogP contribution in [0.1, 0.15) is 33.4 Å². The molecule has 1 atom stereocenters. The lowest BCUT2D eigenvalue weighted by atomic mass is 10.1. The first-order chi connectivity index (χ1) is 15.8. The van der Waals surface area contributed by atoms with Gasteiger partial charge in [0.05, 0.1) is 18.5 Å². The number of pyridine rings is 1. The fourth-order valence-electron chi connectivity index (χ4n) is 3.71. The van der Waals surface area contributed by atoms with E-state index < -0.39 is 18.0 Å². The zero-order valence-electron chi connectivity index (χ0n) is 19.1. The molecule has 0 bridgehead atoms. The van der Waals surface area contributed by atoms with Crippen LogP contribution in [0.15, 0.2) is 48.8 Å². The van der Waals surface area contributed by atoms with Gasteiger partial charge in [-0.1, -0.05) is 6.07 Å². The number of rotatable bonds is 6. The number of benzene rings is 1. The highest BCUT2D eigenvalue weighted by atomic mass is 32.1. The molecule has 0 saturated heterocycles. The van der Waals surface area contributed by atoms with Gasteiger partial charge in [-0.15, -0.1) is 11.3 Å². The molecule has 1 aromatic carbocycles. The van der Waals surface area contributed by atoms with Crippen molar-refractivity contribution in [1.29, 1.82) is 0 Å². The number of nitrogens with one attached hydrogen (secondary N) is 1. The van der Waals surface area contributed by atoms with E-state index in [1.54, 1.807) is 19.1 Å². The smallest absolute Gasteiger partial charge is 0.351 e. The Labute approximate surface area is 196 Å². The minimum atomic E-state index is -1.01. The fraction of sp³-hybridized carbons (Fsp3) is 0.240. The average molecular weight is 464 g/mol. The maximum atomic E-state index is 13.2. The zero-order chi connectivity index (χ0) is 23.7. The van der Waals surface area contributed by atoms with Crippen LogP contribution in [0.5, 0.6) is 5.75 Å². The quantitative estimate of drug-likeness (QED) is 0.397. The highest BCUT2D eigenvalue weighted by Gasteiger charge is 2.27. The summed E-state index contributed by atoms with van der Waals surface area (Å²) in [5.74, 6) is -0.484. The molecule has 0 spiro atoms. The molecule has 3 aromatic heterocycles. The van der Waals surface area contributed by atoms with Gasteiger partial charge in [-0.25, -0.2) is 9.78 Å². The lowest BCUT2D eigenvalue weighted by molar-refractivity contribution is -0.123. The third-order valence-corrected chi connectivity index (χ3v) is 6.33. The van der Waals surface area contributed by atoms with Gasteiger partial charge in [0.25, 0.3) is 5.91 Å². The van der Waals surface area contributed by atoms with Gasteiger partial charge in [0.15, 0.2) is 6.10 Å². The summed E-state index contributed by atoms with van der Waals surface area (Å²) in [6.45, 7) is 7.38. The maximum absolute atomic E-state index is 13.2. The molecule has 4 aromatic rings. The van der Waals surface area contributed by atoms with E-state index in [0.29, 0.717) is 22.0 Å². The van der Waals surface area contributed by atoms with Crippen LogP contribution >= 0.6 is 11.3 Å². The largest absolute Gasteiger partial charge is 0.495 e. The summed E-state index contributed by atoms with van der Waals surface area (Å²) in [7, 11) is 1.53. The van der Waals surface area contributed by atoms with Crippen LogP contribution < -0.4 is 10.1 Å². The number of aromatic nitrogens is 2. The van der Waals surface area contributed by atoms with Crippen LogP contribution in [0.2, 0.25) is 0 Å². The molecule has 0 aliphatic rings. The third kappa shape index (κ3) is 4.47. The summed E-state index contributed by atoms with van der Waals surface area (Å²) in [6, 6.07) is 11.2. The van der Waals surface area contributed by atoms with E-state index in [-0.39, 0.29) is 0 Å². The molecule has 0 aliphatic heterocycles. The Balaban J connectivity index is 1.63. The van der Waals surface area contributed by atoms with Gasteiger partial charge < -0.3 is 19.4 Å². The number of hydrogen-bond acceptors (Lipinski definition) is 6. The van der Waals surface area contributed by atoms with Crippen LogP contribution in [-0.4, -0.2) is 34.6 Å². The van der Waals surface area contributed by atoms with E-state index in [4.69, 9.17) is 9.47 Å². The highest BCUT2D eigenvalue weighted by molar-refractivity contribution is 7.21. The van der Waals surface area contributed by atoms with Crippen molar-refractivity contribution in [3.05, 3.63) is 70.5 Å². The number of carbonyl (C=O) groups excluding carboxylic acids is 2. The molecule has 0 radical (unpaired) electrons. The molecule has 1 N–H and O–H groups in total. The van der Waals surface area contributed by atoms with Crippen LogP contribution in [0.25, 0.3) is 15.9 Å². The molecular formula is C25H25N3O4S. The van der Waals surface area contributed by atoms with Gasteiger partial charge in [-0.3, -0.25) is 4.79 Å². The van der Waals surface area contributed by atoms with Gasteiger partial charge in [0, 0.05) is 23.5 Å². The van der Waals surface area contributed by atoms with Crippen LogP contribution in [0.4, 0.5) is 5.69 Å². The van der Waals surface area contributed by atoms with Crippen LogP contribution in [-0.2, 0) is 9.53 Å². The summed E-state index contributed by atoms with van der Waals surface area (Å²) in [6.07, 6.45) is 2.73. The molecule has 1 unspecified atom stereocenters. The predicted octanol–water partition coefficient (Wildman–Crippen LogP) is 5.20. The van der Waals surface area contributed by atoms with E-state index in [9.17, 15) is 9.59 Å². The van der Waals surface area contributed by atoms with E-state index >= 15 is 0 Å². The average Bonchev–Trinajstić information content (AvgIpc) is 3.41. The second-order valence-corrected chi connectivity index (χ2v) is 8.87. The van der Waals surface area contributed by atoms with Gasteiger partial charge in [0.2, 0.25) is 0 Å². The van der Waals surface area contributed by atoms with Crippen molar-refractivity contribution in [3.63, 3.8) is 0 Å². The second kappa shape index (κ2) is 9.07. The number of anilines is 1. The number of fused-ring (bicyclic) bond motifs is 1. The number of hydrogen-bond donors (Lipinski definition) is 1. The van der Waals surface area contributed by atoms with Crippen molar-refractivity contribution in [1.82, 2.24) is 9.55 Å². The normalized spacial score (nSPS) is 11.9. The van der Waals surface area contributed by atoms with Crippen LogP contribution in [0.3, 0.4) is 0 Å². The van der Waals surface area contributed by atoms with Gasteiger partial charge >= 0.3 is 5.97 Å². The van der Waals surface area contributed by atoms with Crippen molar-refractivity contribution in [3.8, 4) is 11.4 Å². The SMILES string of the molecule is COc1ccc(C)cc1NC(=O)C(C)OC(=O)c1sc2nc(C)cc(C)c2c1-n1cccc1. The summed E-state index contributed by atoms with van der Waals surface area (Å²) in [5, 5.41) is 3.69. The first-order valence-electron chi connectivity index (χ1n) is 10.5. The number of aryl methyl sites for hydroxylation is 3. The minimum absolute atomic E-state index is 0.398. The van der Waals surface area contributed by atoms with E-state index in [2.05, 4.69) is 10.3 Å². The molecule has 0 aliphatic carbocycles. The first-order valence-corrected chi connectivity index (χ1v) is 11.3. The molecule has 7 nitrogen and oxygen atoms in total. The van der Waals surface area contributed by atoms with Crippen molar-refractivity contribution in [2.75, 3.05) is 12.4 Å². The minimum Gasteiger partial charge on any atom is -0.495 e. The number of amides is 1. The molecule has 8 heteroatoms. The molecule has 1 amide bonds. The Morgan fingerprint density at radius 3 is 2.55 bits per heavy atom. The van der Waals surface area contributed by atoms with Crippen molar-refractivity contribution in [2.24, 2.45) is 0 Å². The lowest BCUT2D eigenvalue weighted by Gasteiger charge is -2.16. The van der Waals surface area contributed by atoms with Crippen molar-refractivity contribution < 1.29 is 19.1 Å². The highest BCUT2D eigenvalue weighted by Crippen LogP contribution is 2.36. The Bertz CT molecular complexity index is 1340. The summed E-state index contributed by atoms with van der Waals surface area (Å²) >= 11 is 1.27. The standard InChI is InChI=1S/C25H25N3O4S/c1-14-8-9-19(31-5)18(12-14)27-23(29)17(4)32-25(30)22-21(28-10-6-7-11-28)20-15(2)13-16(3)26-24(20)33-22/h6-13,17H,1-5H3,(H,27,29).